The minimum Gasteiger partial charge on any atom is -0.507 e. The molecular formula is C30H29F3O4. The molecule has 37 heavy (non-hydrogen) atoms. The monoisotopic (exact) mass is 510 g/mol. The number of benzene rings is 4. The fourth-order valence-corrected chi connectivity index (χ4v) is 4.84. The molecule has 4 aromatic rings. The van der Waals surface area contributed by atoms with E-state index in [2.05, 4.69) is 0 Å². The molecule has 0 aliphatic heterocycles. The van der Waals surface area contributed by atoms with Gasteiger partial charge in [-0.3, -0.25) is 0 Å². The van der Waals surface area contributed by atoms with Gasteiger partial charge in [0.05, 0.1) is 25.4 Å². The normalized spacial score (nSPS) is 12.1. The molecule has 0 amide bonds. The Labute approximate surface area is 213 Å². The van der Waals surface area contributed by atoms with Gasteiger partial charge in [0.1, 0.15) is 5.75 Å². The van der Waals surface area contributed by atoms with E-state index in [9.17, 15) is 23.4 Å². The van der Waals surface area contributed by atoms with Gasteiger partial charge in [-0.15, -0.1) is 0 Å². The molecule has 0 saturated carbocycles. The maximum Gasteiger partial charge on any atom is 0.417 e. The topological polar surface area (TPSA) is 58.9 Å². The summed E-state index contributed by atoms with van der Waals surface area (Å²) < 4.78 is 53.9. The number of methoxy groups -OCH3 is 2. The first-order valence-electron chi connectivity index (χ1n) is 12.0. The van der Waals surface area contributed by atoms with E-state index in [1.54, 1.807) is 62.4 Å². The van der Waals surface area contributed by atoms with E-state index in [4.69, 9.17) is 9.47 Å². The molecule has 0 aromatic heterocycles. The lowest BCUT2D eigenvalue weighted by atomic mass is 9.80. The minimum absolute atomic E-state index is 0.0574. The zero-order valence-corrected chi connectivity index (χ0v) is 21.1. The summed E-state index contributed by atoms with van der Waals surface area (Å²) in [5.74, 6) is 0.592. The number of rotatable bonds is 7. The number of phenols is 1. The number of fused-ring (bicyclic) bond motifs is 1. The summed E-state index contributed by atoms with van der Waals surface area (Å²) in [6.07, 6.45) is -4.03. The second-order valence-electron chi connectivity index (χ2n) is 8.93. The van der Waals surface area contributed by atoms with Crippen molar-refractivity contribution in [2.45, 2.75) is 38.5 Å². The molecule has 0 saturated heterocycles. The highest BCUT2D eigenvalue weighted by atomic mass is 19.4. The molecule has 7 heteroatoms. The molecule has 4 aromatic carbocycles. The summed E-state index contributed by atoms with van der Waals surface area (Å²) in [6, 6.07) is 17.2. The molecule has 0 spiro atoms. The van der Waals surface area contributed by atoms with Crippen molar-refractivity contribution in [3.05, 3.63) is 77.9 Å². The predicted octanol–water partition coefficient (Wildman–Crippen LogP) is 7.92. The Bertz CT molecular complexity index is 1420. The Kier molecular flexibility index (Phi) is 7.11. The number of hydrogen-bond acceptors (Lipinski definition) is 4. The van der Waals surface area contributed by atoms with Crippen LogP contribution in [0.1, 0.15) is 37.8 Å². The average Bonchev–Trinajstić information content (AvgIpc) is 2.91. The fourth-order valence-electron chi connectivity index (χ4n) is 4.84. The van der Waals surface area contributed by atoms with Crippen molar-refractivity contribution in [2.75, 3.05) is 14.2 Å². The number of hydrogen-bond donors (Lipinski definition) is 2. The SMILES string of the molecule is CCC(O)(CC)c1cc(O)c2cc(OC)c(OC)cc2c1-c1ccc(-c2ccccc2)c(C(F)(F)F)c1. The molecule has 0 bridgehead atoms. The predicted molar refractivity (Wildman–Crippen MR) is 139 cm³/mol. The average molecular weight is 511 g/mol. The number of halogens is 3. The molecule has 4 nitrogen and oxygen atoms in total. The summed E-state index contributed by atoms with van der Waals surface area (Å²) >= 11 is 0. The molecule has 2 N–H and O–H groups in total. The minimum atomic E-state index is -4.62. The summed E-state index contributed by atoms with van der Waals surface area (Å²) in [5.41, 5.74) is -0.672. The number of aliphatic hydroxyl groups is 1. The zero-order chi connectivity index (χ0) is 27.0. The molecule has 0 aliphatic rings. The molecule has 0 radical (unpaired) electrons. The van der Waals surface area contributed by atoms with Gasteiger partial charge in [-0.1, -0.05) is 56.3 Å². The van der Waals surface area contributed by atoms with Crippen LogP contribution in [-0.2, 0) is 11.8 Å². The van der Waals surface area contributed by atoms with Gasteiger partial charge in [-0.25, -0.2) is 0 Å². The Morgan fingerprint density at radius 3 is 1.86 bits per heavy atom. The molecule has 0 atom stereocenters. The van der Waals surface area contributed by atoms with Crippen LogP contribution >= 0.6 is 0 Å². The first kappa shape index (κ1) is 26.4. The van der Waals surface area contributed by atoms with E-state index in [1.165, 1.54) is 26.4 Å². The summed E-state index contributed by atoms with van der Waals surface area (Å²) in [4.78, 5) is 0. The maximum absolute atomic E-state index is 14.4. The van der Waals surface area contributed by atoms with Crippen molar-refractivity contribution in [1.29, 1.82) is 0 Å². The van der Waals surface area contributed by atoms with Gasteiger partial charge in [-0.2, -0.15) is 13.2 Å². The van der Waals surface area contributed by atoms with E-state index in [0.717, 1.165) is 6.07 Å². The Morgan fingerprint density at radius 1 is 0.730 bits per heavy atom. The lowest BCUT2D eigenvalue weighted by Gasteiger charge is -2.30. The molecule has 0 heterocycles. The van der Waals surface area contributed by atoms with E-state index in [0.29, 0.717) is 51.8 Å². The van der Waals surface area contributed by atoms with Crippen LogP contribution in [0, 0.1) is 0 Å². The molecule has 0 unspecified atom stereocenters. The van der Waals surface area contributed by atoms with Crippen molar-refractivity contribution in [1.82, 2.24) is 0 Å². The molecule has 194 valence electrons. The summed E-state index contributed by atoms with van der Waals surface area (Å²) in [6.45, 7) is 3.59. The van der Waals surface area contributed by atoms with Crippen LogP contribution in [-0.4, -0.2) is 24.4 Å². The van der Waals surface area contributed by atoms with Crippen LogP contribution < -0.4 is 9.47 Å². The van der Waals surface area contributed by atoms with E-state index in [-0.39, 0.29) is 16.9 Å². The Hall–Kier alpha value is -3.71. The van der Waals surface area contributed by atoms with E-state index >= 15 is 0 Å². The number of aromatic hydroxyl groups is 1. The Morgan fingerprint density at radius 2 is 1.32 bits per heavy atom. The van der Waals surface area contributed by atoms with Gasteiger partial charge in [0.2, 0.25) is 0 Å². The summed E-state index contributed by atoms with van der Waals surface area (Å²) in [5, 5.41) is 23.3. The van der Waals surface area contributed by atoms with E-state index in [1.807, 2.05) is 0 Å². The summed E-state index contributed by atoms with van der Waals surface area (Å²) in [7, 11) is 2.92. The third-order valence-corrected chi connectivity index (χ3v) is 6.99. The van der Waals surface area contributed by atoms with Crippen molar-refractivity contribution in [3.63, 3.8) is 0 Å². The van der Waals surface area contributed by atoms with Crippen LogP contribution in [0.3, 0.4) is 0 Å². The maximum atomic E-state index is 14.4. The second kappa shape index (κ2) is 9.98. The van der Waals surface area contributed by atoms with E-state index < -0.39 is 17.3 Å². The van der Waals surface area contributed by atoms with Crippen LogP contribution in [0.25, 0.3) is 33.0 Å². The van der Waals surface area contributed by atoms with Gasteiger partial charge in [0.25, 0.3) is 0 Å². The first-order valence-corrected chi connectivity index (χ1v) is 12.0. The van der Waals surface area contributed by atoms with Crippen LogP contribution in [0.4, 0.5) is 13.2 Å². The van der Waals surface area contributed by atoms with Crippen molar-refractivity contribution >= 4 is 10.8 Å². The van der Waals surface area contributed by atoms with Gasteiger partial charge < -0.3 is 19.7 Å². The largest absolute Gasteiger partial charge is 0.507 e. The van der Waals surface area contributed by atoms with Gasteiger partial charge in [0.15, 0.2) is 11.5 Å². The quantitative estimate of drug-likeness (QED) is 0.265. The lowest BCUT2D eigenvalue weighted by Crippen LogP contribution is -2.24. The van der Waals surface area contributed by atoms with Gasteiger partial charge in [-0.05, 0) is 70.3 Å². The van der Waals surface area contributed by atoms with Gasteiger partial charge in [0, 0.05) is 5.39 Å². The fraction of sp³-hybridized carbons (Fsp3) is 0.267. The van der Waals surface area contributed by atoms with Gasteiger partial charge >= 0.3 is 6.18 Å². The Balaban J connectivity index is 2.14. The van der Waals surface area contributed by atoms with Crippen molar-refractivity contribution < 1.29 is 32.9 Å². The molecule has 0 aliphatic carbocycles. The van der Waals surface area contributed by atoms with Crippen molar-refractivity contribution in [3.8, 4) is 39.5 Å². The molecular weight excluding hydrogens is 481 g/mol. The molecule has 0 fully saturated rings. The number of phenolic OH excluding ortho intramolecular Hbond substituents is 1. The molecule has 4 rings (SSSR count). The van der Waals surface area contributed by atoms with Crippen LogP contribution in [0.5, 0.6) is 17.2 Å². The van der Waals surface area contributed by atoms with Crippen LogP contribution in [0.2, 0.25) is 0 Å². The highest BCUT2D eigenvalue weighted by molar-refractivity contribution is 6.04. The third-order valence-electron chi connectivity index (χ3n) is 6.99. The highest BCUT2D eigenvalue weighted by Crippen LogP contribution is 2.48. The third kappa shape index (κ3) is 4.71. The zero-order valence-electron chi connectivity index (χ0n) is 21.1. The number of ether oxygens (including phenoxy) is 2. The lowest BCUT2D eigenvalue weighted by molar-refractivity contribution is -0.137. The van der Waals surface area contributed by atoms with Crippen molar-refractivity contribution in [2.24, 2.45) is 0 Å². The smallest absolute Gasteiger partial charge is 0.417 e. The first-order chi connectivity index (χ1) is 17.6. The highest BCUT2D eigenvalue weighted by Gasteiger charge is 2.36. The second-order valence-corrected chi connectivity index (χ2v) is 8.93. The van der Waals surface area contributed by atoms with Crippen LogP contribution in [0.15, 0.2) is 66.7 Å². The number of alkyl halides is 3. The standard InChI is InChI=1S/C30H29F3O4/c1-5-29(35,6-2)24-17-25(34)21-15-26(36-3)27(37-4)16-22(21)28(24)19-12-13-20(18-10-8-7-9-11-18)23(14-19)30(31,32)33/h7-17,34-35H,5-6H2,1-4H3.